The Morgan fingerprint density at radius 1 is 1.06 bits per heavy atom. The quantitative estimate of drug-likeness (QED) is 0.726. The van der Waals surface area contributed by atoms with Gasteiger partial charge in [0.15, 0.2) is 0 Å². The highest BCUT2D eigenvalue weighted by Crippen LogP contribution is 2.25. The minimum absolute atomic E-state index is 0.0134. The summed E-state index contributed by atoms with van der Waals surface area (Å²) in [5.74, 6) is -0.389. The third kappa shape index (κ3) is 4.53. The van der Waals surface area contributed by atoms with Gasteiger partial charge in [-0.1, -0.05) is 18.2 Å². The van der Waals surface area contributed by atoms with Gasteiger partial charge in [0, 0.05) is 56.7 Å². The fourth-order valence-electron chi connectivity index (χ4n) is 5.06. The smallest absolute Gasteiger partial charge is 0.355 e. The van der Waals surface area contributed by atoms with E-state index < -0.39 is 5.97 Å². The van der Waals surface area contributed by atoms with E-state index in [1.54, 1.807) is 6.92 Å². The van der Waals surface area contributed by atoms with Crippen LogP contribution in [0.25, 0.3) is 0 Å². The van der Waals surface area contributed by atoms with Crippen LogP contribution in [-0.4, -0.2) is 78.6 Å². The summed E-state index contributed by atoms with van der Waals surface area (Å²) in [6.07, 6.45) is 2.12. The van der Waals surface area contributed by atoms with Crippen molar-refractivity contribution in [3.63, 3.8) is 0 Å². The summed E-state index contributed by atoms with van der Waals surface area (Å²) in [4.78, 5) is 35.7. The standard InChI is InChI=1S/C25H34N4O3/c1-4-32-25(31)23-18(2)22(19(3)26-23)24(30)29-12-8-11-21(17-29)28-15-13-27(14-16-28)20-9-6-5-7-10-20/h5-7,9-10,21,26H,4,8,11-17H2,1-3H3/t21-/m1/s1. The fraction of sp³-hybridized carbons (Fsp3) is 0.520. The zero-order chi connectivity index (χ0) is 22.7. The van der Waals surface area contributed by atoms with Crippen LogP contribution < -0.4 is 4.90 Å². The molecule has 1 amide bonds. The molecular formula is C25H34N4O3. The molecule has 7 heteroatoms. The van der Waals surface area contributed by atoms with Crippen LogP contribution in [-0.2, 0) is 4.74 Å². The number of rotatable bonds is 5. The third-order valence-electron chi connectivity index (χ3n) is 6.77. The van der Waals surface area contributed by atoms with E-state index in [9.17, 15) is 9.59 Å². The number of piperazine rings is 1. The first-order valence-corrected chi connectivity index (χ1v) is 11.7. The maximum Gasteiger partial charge on any atom is 0.355 e. The van der Waals surface area contributed by atoms with Crippen LogP contribution in [0.2, 0.25) is 0 Å². The first-order chi connectivity index (χ1) is 15.5. The zero-order valence-corrected chi connectivity index (χ0v) is 19.4. The molecule has 1 atom stereocenters. The lowest BCUT2D eigenvalue weighted by molar-refractivity contribution is 0.0519. The number of carbonyl (C=O) groups is 2. The Bertz CT molecular complexity index is 948. The van der Waals surface area contributed by atoms with Crippen molar-refractivity contribution in [1.82, 2.24) is 14.8 Å². The minimum atomic E-state index is -0.403. The molecule has 1 aromatic carbocycles. The Kier molecular flexibility index (Phi) is 6.84. The van der Waals surface area contributed by atoms with Gasteiger partial charge in [0.2, 0.25) is 0 Å². The van der Waals surface area contributed by atoms with Gasteiger partial charge in [-0.3, -0.25) is 9.69 Å². The molecule has 4 rings (SSSR count). The second kappa shape index (κ2) is 9.77. The van der Waals surface area contributed by atoms with Crippen LogP contribution in [0.15, 0.2) is 30.3 Å². The Labute approximate surface area is 190 Å². The van der Waals surface area contributed by atoms with Gasteiger partial charge in [-0.15, -0.1) is 0 Å². The molecule has 0 aliphatic carbocycles. The van der Waals surface area contributed by atoms with Crippen LogP contribution in [0, 0.1) is 13.8 Å². The zero-order valence-electron chi connectivity index (χ0n) is 19.4. The molecule has 2 aliphatic heterocycles. The Morgan fingerprint density at radius 3 is 2.47 bits per heavy atom. The first-order valence-electron chi connectivity index (χ1n) is 11.7. The highest BCUT2D eigenvalue weighted by atomic mass is 16.5. The van der Waals surface area contributed by atoms with Gasteiger partial charge < -0.3 is 19.5 Å². The summed E-state index contributed by atoms with van der Waals surface area (Å²) in [5.41, 5.74) is 3.70. The van der Waals surface area contributed by atoms with Crippen LogP contribution in [0.3, 0.4) is 0 Å². The van der Waals surface area contributed by atoms with E-state index in [1.165, 1.54) is 5.69 Å². The largest absolute Gasteiger partial charge is 0.461 e. The first kappa shape index (κ1) is 22.4. The SMILES string of the molecule is CCOC(=O)c1[nH]c(C)c(C(=O)N2CCC[C@@H](N3CCN(c4ccccc4)CC3)C2)c1C. The number of esters is 1. The molecule has 2 aromatic rings. The summed E-state index contributed by atoms with van der Waals surface area (Å²) >= 11 is 0. The van der Waals surface area contributed by atoms with Gasteiger partial charge >= 0.3 is 5.97 Å². The average molecular weight is 439 g/mol. The molecular weight excluding hydrogens is 404 g/mol. The molecule has 2 saturated heterocycles. The lowest BCUT2D eigenvalue weighted by Gasteiger charge is -2.44. The van der Waals surface area contributed by atoms with Gasteiger partial charge in [0.05, 0.1) is 12.2 Å². The van der Waals surface area contributed by atoms with Crippen LogP contribution in [0.1, 0.15) is 51.9 Å². The van der Waals surface area contributed by atoms with Crippen molar-refractivity contribution in [2.45, 2.75) is 39.7 Å². The molecule has 0 unspecified atom stereocenters. The molecule has 1 N–H and O–H groups in total. The molecule has 7 nitrogen and oxygen atoms in total. The summed E-state index contributed by atoms with van der Waals surface area (Å²) in [6.45, 7) is 11.3. The molecule has 0 saturated carbocycles. The Balaban J connectivity index is 1.40. The van der Waals surface area contributed by atoms with E-state index >= 15 is 0 Å². The number of aromatic amines is 1. The molecule has 172 valence electrons. The van der Waals surface area contributed by atoms with Gasteiger partial charge in [-0.25, -0.2) is 4.79 Å². The van der Waals surface area contributed by atoms with Crippen LogP contribution in [0.4, 0.5) is 5.69 Å². The van der Waals surface area contributed by atoms with Crippen LogP contribution >= 0.6 is 0 Å². The van der Waals surface area contributed by atoms with Crippen molar-refractivity contribution in [3.8, 4) is 0 Å². The maximum absolute atomic E-state index is 13.4. The minimum Gasteiger partial charge on any atom is -0.461 e. The molecule has 2 fully saturated rings. The van der Waals surface area contributed by atoms with Crippen LogP contribution in [0.5, 0.6) is 0 Å². The van der Waals surface area contributed by atoms with Crippen molar-refractivity contribution in [1.29, 1.82) is 0 Å². The lowest BCUT2D eigenvalue weighted by atomic mass is 10.0. The molecule has 0 bridgehead atoms. The van der Waals surface area contributed by atoms with E-state index in [0.717, 1.165) is 57.8 Å². The maximum atomic E-state index is 13.4. The molecule has 2 aliphatic rings. The number of piperidine rings is 1. The number of hydrogen-bond acceptors (Lipinski definition) is 5. The van der Waals surface area contributed by atoms with Crippen molar-refractivity contribution in [2.24, 2.45) is 0 Å². The summed E-state index contributed by atoms with van der Waals surface area (Å²) in [6, 6.07) is 11.0. The number of aryl methyl sites for hydroxylation is 1. The fourth-order valence-corrected chi connectivity index (χ4v) is 5.06. The van der Waals surface area contributed by atoms with Crippen molar-refractivity contribution in [3.05, 3.63) is 52.8 Å². The topological polar surface area (TPSA) is 68.9 Å². The molecule has 1 aromatic heterocycles. The second-order valence-corrected chi connectivity index (χ2v) is 8.75. The number of para-hydroxylation sites is 1. The number of ether oxygens (including phenoxy) is 1. The Hall–Kier alpha value is -2.80. The summed E-state index contributed by atoms with van der Waals surface area (Å²) in [5, 5.41) is 0. The van der Waals surface area contributed by atoms with Gasteiger partial charge in [0.1, 0.15) is 5.69 Å². The number of likely N-dealkylation sites (tertiary alicyclic amines) is 1. The highest BCUT2D eigenvalue weighted by molar-refractivity contribution is 6.01. The number of benzene rings is 1. The predicted molar refractivity (Wildman–Crippen MR) is 125 cm³/mol. The third-order valence-corrected chi connectivity index (χ3v) is 6.77. The number of hydrogen-bond donors (Lipinski definition) is 1. The number of amides is 1. The predicted octanol–water partition coefficient (Wildman–Crippen LogP) is 3.24. The average Bonchev–Trinajstić information content (AvgIpc) is 3.13. The summed E-state index contributed by atoms with van der Waals surface area (Å²) < 4.78 is 5.13. The lowest BCUT2D eigenvalue weighted by Crippen LogP contribution is -2.56. The highest BCUT2D eigenvalue weighted by Gasteiger charge is 2.32. The Morgan fingerprint density at radius 2 is 1.78 bits per heavy atom. The monoisotopic (exact) mass is 438 g/mol. The number of anilines is 1. The normalized spacial score (nSPS) is 19.8. The van der Waals surface area contributed by atoms with E-state index in [1.807, 2.05) is 18.7 Å². The second-order valence-electron chi connectivity index (χ2n) is 8.75. The number of nitrogens with zero attached hydrogens (tertiary/aromatic N) is 3. The van der Waals surface area contributed by atoms with E-state index in [-0.39, 0.29) is 5.91 Å². The van der Waals surface area contributed by atoms with E-state index in [2.05, 4.69) is 45.1 Å². The molecule has 32 heavy (non-hydrogen) atoms. The molecule has 3 heterocycles. The summed E-state index contributed by atoms with van der Waals surface area (Å²) in [7, 11) is 0. The molecule has 0 radical (unpaired) electrons. The van der Waals surface area contributed by atoms with Crippen molar-refractivity contribution >= 4 is 17.6 Å². The molecule has 0 spiro atoms. The number of H-pyrrole nitrogens is 1. The van der Waals surface area contributed by atoms with Gasteiger partial charge in [0.25, 0.3) is 5.91 Å². The van der Waals surface area contributed by atoms with E-state index in [0.29, 0.717) is 29.5 Å². The van der Waals surface area contributed by atoms with Gasteiger partial charge in [-0.05, 0) is 51.3 Å². The number of aromatic nitrogens is 1. The van der Waals surface area contributed by atoms with Crippen molar-refractivity contribution in [2.75, 3.05) is 50.8 Å². The number of carbonyl (C=O) groups excluding carboxylic acids is 2. The van der Waals surface area contributed by atoms with E-state index in [4.69, 9.17) is 4.74 Å². The van der Waals surface area contributed by atoms with Gasteiger partial charge in [-0.2, -0.15) is 0 Å². The number of nitrogens with one attached hydrogen (secondary N) is 1. The van der Waals surface area contributed by atoms with Crippen molar-refractivity contribution < 1.29 is 14.3 Å².